The highest BCUT2D eigenvalue weighted by molar-refractivity contribution is 6.28. The summed E-state index contributed by atoms with van der Waals surface area (Å²) in [6.45, 7) is 3.08. The molecule has 106 valence electrons. The van der Waals surface area contributed by atoms with Crippen LogP contribution in [-0.2, 0) is 0 Å². The molecule has 1 aromatic heterocycles. The first-order chi connectivity index (χ1) is 9.78. The number of para-hydroxylation sites is 1. The summed E-state index contributed by atoms with van der Waals surface area (Å²) in [6, 6.07) is 11.7. The molecule has 2 N–H and O–H groups in total. The highest BCUT2D eigenvalue weighted by Crippen LogP contribution is 2.19. The van der Waals surface area contributed by atoms with Crippen molar-refractivity contribution in [2.75, 3.05) is 17.2 Å². The van der Waals surface area contributed by atoms with E-state index in [2.05, 4.69) is 27.5 Å². The second kappa shape index (κ2) is 7.70. The van der Waals surface area contributed by atoms with E-state index in [-0.39, 0.29) is 5.28 Å². The second-order valence-corrected chi connectivity index (χ2v) is 4.87. The number of nitrogens with one attached hydrogen (secondary N) is 2. The Labute approximate surface area is 124 Å². The molecule has 0 amide bonds. The fourth-order valence-corrected chi connectivity index (χ4v) is 2.02. The van der Waals surface area contributed by atoms with Crippen molar-refractivity contribution in [1.82, 2.24) is 9.97 Å². The molecule has 1 aromatic carbocycles. The summed E-state index contributed by atoms with van der Waals surface area (Å²) in [5.74, 6) is 1.44. The maximum absolute atomic E-state index is 5.95. The van der Waals surface area contributed by atoms with Gasteiger partial charge in [0.1, 0.15) is 11.6 Å². The van der Waals surface area contributed by atoms with Crippen LogP contribution in [0, 0.1) is 0 Å². The van der Waals surface area contributed by atoms with E-state index in [0.29, 0.717) is 5.82 Å². The molecular weight excluding hydrogens is 272 g/mol. The largest absolute Gasteiger partial charge is 0.370 e. The molecule has 20 heavy (non-hydrogen) atoms. The topological polar surface area (TPSA) is 49.8 Å². The zero-order chi connectivity index (χ0) is 14.2. The minimum atomic E-state index is 0.240. The van der Waals surface area contributed by atoms with Crippen LogP contribution in [0.25, 0.3) is 0 Å². The summed E-state index contributed by atoms with van der Waals surface area (Å²) >= 11 is 5.95. The zero-order valence-corrected chi connectivity index (χ0v) is 12.3. The van der Waals surface area contributed by atoms with Crippen molar-refractivity contribution >= 4 is 28.9 Å². The van der Waals surface area contributed by atoms with Gasteiger partial charge in [-0.15, -0.1) is 0 Å². The number of benzene rings is 1. The van der Waals surface area contributed by atoms with Gasteiger partial charge in [-0.2, -0.15) is 0 Å². The predicted molar refractivity (Wildman–Crippen MR) is 84.8 cm³/mol. The lowest BCUT2D eigenvalue weighted by Crippen LogP contribution is -2.05. The van der Waals surface area contributed by atoms with Crippen molar-refractivity contribution in [3.8, 4) is 0 Å². The standard InChI is InChI=1S/C15H19ClN4/c1-2-3-7-10-17-13-11-14(20-15(16)19-13)18-12-8-5-4-6-9-12/h4-6,8-9,11H,2-3,7,10H2,1H3,(H2,17,18,19,20). The van der Waals surface area contributed by atoms with E-state index in [1.54, 1.807) is 0 Å². The van der Waals surface area contributed by atoms with Crippen LogP contribution in [0.4, 0.5) is 17.3 Å². The molecule has 2 aromatic rings. The molecule has 0 spiro atoms. The minimum Gasteiger partial charge on any atom is -0.370 e. The van der Waals surface area contributed by atoms with E-state index >= 15 is 0 Å². The van der Waals surface area contributed by atoms with Gasteiger partial charge in [-0.25, -0.2) is 9.97 Å². The van der Waals surface area contributed by atoms with Crippen LogP contribution in [-0.4, -0.2) is 16.5 Å². The Morgan fingerprint density at radius 2 is 1.80 bits per heavy atom. The highest BCUT2D eigenvalue weighted by atomic mass is 35.5. The molecule has 0 aliphatic carbocycles. The molecule has 0 fully saturated rings. The van der Waals surface area contributed by atoms with Gasteiger partial charge in [0, 0.05) is 18.3 Å². The third-order valence-corrected chi connectivity index (χ3v) is 3.00. The Morgan fingerprint density at radius 3 is 2.55 bits per heavy atom. The molecule has 0 radical (unpaired) electrons. The Balaban J connectivity index is 2.01. The Hall–Kier alpha value is -1.81. The molecule has 0 atom stereocenters. The van der Waals surface area contributed by atoms with Crippen LogP contribution in [0.15, 0.2) is 36.4 Å². The van der Waals surface area contributed by atoms with Crippen molar-refractivity contribution in [2.45, 2.75) is 26.2 Å². The Morgan fingerprint density at radius 1 is 1.05 bits per heavy atom. The minimum absolute atomic E-state index is 0.240. The molecule has 1 heterocycles. The van der Waals surface area contributed by atoms with Crippen LogP contribution in [0.1, 0.15) is 26.2 Å². The van der Waals surface area contributed by atoms with Gasteiger partial charge in [-0.1, -0.05) is 38.0 Å². The van der Waals surface area contributed by atoms with Crippen molar-refractivity contribution in [3.63, 3.8) is 0 Å². The number of hydrogen-bond donors (Lipinski definition) is 2. The van der Waals surface area contributed by atoms with Gasteiger partial charge in [-0.05, 0) is 30.2 Å². The number of anilines is 3. The Kier molecular flexibility index (Phi) is 5.62. The number of nitrogens with zero attached hydrogens (tertiary/aromatic N) is 2. The molecule has 0 bridgehead atoms. The van der Waals surface area contributed by atoms with Crippen molar-refractivity contribution < 1.29 is 0 Å². The SMILES string of the molecule is CCCCCNc1cc(Nc2ccccc2)nc(Cl)n1. The van der Waals surface area contributed by atoms with Gasteiger partial charge >= 0.3 is 0 Å². The third-order valence-electron chi connectivity index (χ3n) is 2.83. The summed E-state index contributed by atoms with van der Waals surface area (Å²) in [5.41, 5.74) is 0.971. The van der Waals surface area contributed by atoms with E-state index in [1.807, 2.05) is 36.4 Å². The number of rotatable bonds is 7. The first-order valence-electron chi connectivity index (χ1n) is 6.88. The van der Waals surface area contributed by atoms with Gasteiger partial charge in [0.2, 0.25) is 5.28 Å². The average molecular weight is 291 g/mol. The maximum Gasteiger partial charge on any atom is 0.226 e. The van der Waals surface area contributed by atoms with Crippen molar-refractivity contribution in [1.29, 1.82) is 0 Å². The lowest BCUT2D eigenvalue weighted by molar-refractivity contribution is 0.742. The van der Waals surface area contributed by atoms with Crippen LogP contribution in [0.5, 0.6) is 0 Å². The molecule has 5 heteroatoms. The molecule has 0 saturated carbocycles. The van der Waals surface area contributed by atoms with Gasteiger partial charge < -0.3 is 10.6 Å². The molecule has 0 unspecified atom stereocenters. The van der Waals surface area contributed by atoms with E-state index in [0.717, 1.165) is 24.5 Å². The second-order valence-electron chi connectivity index (χ2n) is 4.53. The van der Waals surface area contributed by atoms with E-state index in [4.69, 9.17) is 11.6 Å². The van der Waals surface area contributed by atoms with E-state index < -0.39 is 0 Å². The van der Waals surface area contributed by atoms with Gasteiger partial charge in [-0.3, -0.25) is 0 Å². The number of unbranched alkanes of at least 4 members (excludes halogenated alkanes) is 2. The van der Waals surface area contributed by atoms with Crippen LogP contribution in [0.3, 0.4) is 0 Å². The Bertz CT molecular complexity index is 531. The van der Waals surface area contributed by atoms with Crippen molar-refractivity contribution in [3.05, 3.63) is 41.7 Å². The summed E-state index contributed by atoms with van der Waals surface area (Å²) in [5, 5.41) is 6.72. The van der Waals surface area contributed by atoms with Gasteiger partial charge in [0.05, 0.1) is 0 Å². The fraction of sp³-hybridized carbons (Fsp3) is 0.333. The summed E-state index contributed by atoms with van der Waals surface area (Å²) in [4.78, 5) is 8.35. The highest BCUT2D eigenvalue weighted by Gasteiger charge is 2.03. The first-order valence-corrected chi connectivity index (χ1v) is 7.26. The van der Waals surface area contributed by atoms with Gasteiger partial charge in [0.15, 0.2) is 0 Å². The first kappa shape index (κ1) is 14.6. The molecule has 0 aliphatic heterocycles. The van der Waals surface area contributed by atoms with E-state index in [9.17, 15) is 0 Å². The number of hydrogen-bond acceptors (Lipinski definition) is 4. The van der Waals surface area contributed by atoms with E-state index in [1.165, 1.54) is 12.8 Å². The monoisotopic (exact) mass is 290 g/mol. The quantitative estimate of drug-likeness (QED) is 0.583. The predicted octanol–water partition coefficient (Wildman–Crippen LogP) is 4.48. The lowest BCUT2D eigenvalue weighted by atomic mass is 10.2. The third kappa shape index (κ3) is 4.70. The maximum atomic E-state index is 5.95. The molecule has 0 aliphatic rings. The molecule has 2 rings (SSSR count). The smallest absolute Gasteiger partial charge is 0.226 e. The van der Waals surface area contributed by atoms with Crippen LogP contribution < -0.4 is 10.6 Å². The lowest BCUT2D eigenvalue weighted by Gasteiger charge is -2.09. The molecule has 0 saturated heterocycles. The number of aromatic nitrogens is 2. The fourth-order valence-electron chi connectivity index (χ4n) is 1.83. The summed E-state index contributed by atoms with van der Waals surface area (Å²) in [7, 11) is 0. The summed E-state index contributed by atoms with van der Waals surface area (Å²) in [6.07, 6.45) is 3.54. The molecular formula is C15H19ClN4. The van der Waals surface area contributed by atoms with Crippen molar-refractivity contribution in [2.24, 2.45) is 0 Å². The van der Waals surface area contributed by atoms with Crippen LogP contribution in [0.2, 0.25) is 5.28 Å². The summed E-state index contributed by atoms with van der Waals surface area (Å²) < 4.78 is 0. The van der Waals surface area contributed by atoms with Crippen LogP contribution >= 0.6 is 11.6 Å². The molecule has 4 nitrogen and oxygen atoms in total. The normalized spacial score (nSPS) is 10.3. The number of halogens is 1. The van der Waals surface area contributed by atoms with Gasteiger partial charge in [0.25, 0.3) is 0 Å². The average Bonchev–Trinajstić information content (AvgIpc) is 2.44. The zero-order valence-electron chi connectivity index (χ0n) is 11.6.